The average Bonchev–Trinajstić information content (AvgIpc) is 2.24. The number of nitrogens with one attached hydrogen (secondary N) is 2. The molecule has 84 valence electrons. The zero-order valence-corrected chi connectivity index (χ0v) is 10.4. The van der Waals surface area contributed by atoms with E-state index in [-0.39, 0.29) is 5.56 Å². The van der Waals surface area contributed by atoms with E-state index in [1.165, 1.54) is 19.3 Å². The number of anilines is 1. The maximum atomic E-state index is 11.2. The van der Waals surface area contributed by atoms with Crippen molar-refractivity contribution in [3.63, 3.8) is 0 Å². The van der Waals surface area contributed by atoms with Gasteiger partial charge in [-0.15, -0.1) is 0 Å². The summed E-state index contributed by atoms with van der Waals surface area (Å²) in [6.07, 6.45) is 6.45. The number of aromatic nitrogens is 2. The molecule has 0 bridgehead atoms. The summed E-state index contributed by atoms with van der Waals surface area (Å²) >= 11 is 3.22. The molecule has 2 N–H and O–H groups in total. The highest BCUT2D eigenvalue weighted by Crippen LogP contribution is 2.15. The van der Waals surface area contributed by atoms with E-state index in [0.717, 1.165) is 18.7 Å². The van der Waals surface area contributed by atoms with Crippen LogP contribution in [0.15, 0.2) is 15.5 Å². The second-order valence-corrected chi connectivity index (χ2v) is 4.21. The lowest BCUT2D eigenvalue weighted by molar-refractivity contribution is 0.684. The highest BCUT2D eigenvalue weighted by Gasteiger charge is 2.02. The van der Waals surface area contributed by atoms with Crippen molar-refractivity contribution >= 4 is 21.6 Å². The van der Waals surface area contributed by atoms with Gasteiger partial charge in [0.1, 0.15) is 4.47 Å². The van der Waals surface area contributed by atoms with Gasteiger partial charge in [0.05, 0.1) is 11.9 Å². The molecule has 0 aliphatic rings. The lowest BCUT2D eigenvalue weighted by atomic mass is 10.2. The van der Waals surface area contributed by atoms with Gasteiger partial charge in [-0.3, -0.25) is 4.79 Å². The van der Waals surface area contributed by atoms with Gasteiger partial charge in [0.15, 0.2) is 0 Å². The van der Waals surface area contributed by atoms with E-state index in [9.17, 15) is 4.79 Å². The smallest absolute Gasteiger partial charge is 0.280 e. The summed E-state index contributed by atoms with van der Waals surface area (Å²) in [6, 6.07) is 0. The lowest BCUT2D eigenvalue weighted by Crippen LogP contribution is -2.12. The second-order valence-electron chi connectivity index (χ2n) is 3.41. The van der Waals surface area contributed by atoms with E-state index in [0.29, 0.717) is 4.47 Å². The van der Waals surface area contributed by atoms with Crippen LogP contribution in [0.1, 0.15) is 32.6 Å². The topological polar surface area (TPSA) is 57.8 Å². The lowest BCUT2D eigenvalue weighted by Gasteiger charge is -2.06. The number of unbranched alkanes of at least 4 members (excludes halogenated alkanes) is 3. The molecule has 5 heteroatoms. The molecule has 0 unspecified atom stereocenters. The Morgan fingerprint density at radius 1 is 1.47 bits per heavy atom. The molecule has 0 saturated heterocycles. The summed E-state index contributed by atoms with van der Waals surface area (Å²) in [5.74, 6) is 0. The Kier molecular flexibility index (Phi) is 5.39. The van der Waals surface area contributed by atoms with Crippen molar-refractivity contribution in [3.05, 3.63) is 21.0 Å². The molecule has 1 rings (SSSR count). The molecule has 0 aliphatic heterocycles. The summed E-state index contributed by atoms with van der Waals surface area (Å²) in [6.45, 7) is 3.06. The normalized spacial score (nSPS) is 10.3. The Hall–Kier alpha value is -0.840. The third kappa shape index (κ3) is 4.03. The first-order valence-electron chi connectivity index (χ1n) is 5.22. The Balaban J connectivity index is 2.38. The minimum Gasteiger partial charge on any atom is -0.383 e. The molecule has 0 amide bonds. The summed E-state index contributed by atoms with van der Waals surface area (Å²) in [5, 5.41) is 9.27. The third-order valence-corrected chi connectivity index (χ3v) is 2.93. The van der Waals surface area contributed by atoms with Crippen LogP contribution in [0.2, 0.25) is 0 Å². The Morgan fingerprint density at radius 2 is 2.27 bits per heavy atom. The van der Waals surface area contributed by atoms with Crippen molar-refractivity contribution in [2.24, 2.45) is 0 Å². The molecule has 1 heterocycles. The van der Waals surface area contributed by atoms with Crippen molar-refractivity contribution in [1.29, 1.82) is 0 Å². The fourth-order valence-corrected chi connectivity index (χ4v) is 1.61. The average molecular weight is 274 g/mol. The van der Waals surface area contributed by atoms with Crippen molar-refractivity contribution in [2.75, 3.05) is 11.9 Å². The van der Waals surface area contributed by atoms with Gasteiger partial charge >= 0.3 is 0 Å². The molecule has 1 aromatic rings. The number of rotatable bonds is 6. The Morgan fingerprint density at radius 3 is 3.00 bits per heavy atom. The van der Waals surface area contributed by atoms with Gasteiger partial charge in [0.2, 0.25) is 0 Å². The van der Waals surface area contributed by atoms with Crippen LogP contribution in [0.3, 0.4) is 0 Å². The fourth-order valence-electron chi connectivity index (χ4n) is 1.28. The number of aromatic amines is 1. The summed E-state index contributed by atoms with van der Waals surface area (Å²) in [7, 11) is 0. The van der Waals surface area contributed by atoms with Crippen molar-refractivity contribution in [1.82, 2.24) is 10.2 Å². The molecule has 0 radical (unpaired) electrons. The minimum atomic E-state index is -0.200. The zero-order chi connectivity index (χ0) is 11.1. The van der Waals surface area contributed by atoms with E-state index in [4.69, 9.17) is 0 Å². The molecule has 0 aliphatic carbocycles. The number of halogens is 1. The summed E-state index contributed by atoms with van der Waals surface area (Å²) in [4.78, 5) is 11.2. The standard InChI is InChI=1S/C10H16BrN3O/c1-2-3-4-5-6-12-8-7-13-14-10(15)9(8)11/h7H,2-6H2,1H3,(H2,12,14,15). The SMILES string of the molecule is CCCCCCNc1cn[nH]c(=O)c1Br. The van der Waals surface area contributed by atoms with E-state index in [2.05, 4.69) is 38.4 Å². The van der Waals surface area contributed by atoms with Crippen molar-refractivity contribution in [2.45, 2.75) is 32.6 Å². The molecule has 15 heavy (non-hydrogen) atoms. The van der Waals surface area contributed by atoms with Gasteiger partial charge in [-0.05, 0) is 22.4 Å². The number of hydrogen-bond acceptors (Lipinski definition) is 3. The van der Waals surface area contributed by atoms with Gasteiger partial charge in [0.25, 0.3) is 5.56 Å². The zero-order valence-electron chi connectivity index (χ0n) is 8.85. The monoisotopic (exact) mass is 273 g/mol. The van der Waals surface area contributed by atoms with Gasteiger partial charge in [-0.2, -0.15) is 5.10 Å². The second kappa shape index (κ2) is 6.61. The van der Waals surface area contributed by atoms with Crippen LogP contribution in [0, 0.1) is 0 Å². The quantitative estimate of drug-likeness (QED) is 0.784. The molecule has 0 atom stereocenters. The van der Waals surface area contributed by atoms with Crippen molar-refractivity contribution < 1.29 is 0 Å². The van der Waals surface area contributed by atoms with Crippen molar-refractivity contribution in [3.8, 4) is 0 Å². The predicted octanol–water partition coefficient (Wildman–Crippen LogP) is 2.52. The molecule has 1 aromatic heterocycles. The first-order valence-corrected chi connectivity index (χ1v) is 6.02. The minimum absolute atomic E-state index is 0.200. The molecular weight excluding hydrogens is 258 g/mol. The van der Waals surface area contributed by atoms with Gasteiger partial charge in [-0.1, -0.05) is 26.2 Å². The number of H-pyrrole nitrogens is 1. The van der Waals surface area contributed by atoms with E-state index < -0.39 is 0 Å². The van der Waals surface area contributed by atoms with Gasteiger partial charge in [0, 0.05) is 6.54 Å². The molecular formula is C10H16BrN3O. The first kappa shape index (κ1) is 12.2. The maximum Gasteiger partial charge on any atom is 0.280 e. The number of hydrogen-bond donors (Lipinski definition) is 2. The molecule has 0 spiro atoms. The largest absolute Gasteiger partial charge is 0.383 e. The van der Waals surface area contributed by atoms with Crippen LogP contribution < -0.4 is 10.9 Å². The van der Waals surface area contributed by atoms with E-state index in [1.807, 2.05) is 0 Å². The third-order valence-electron chi connectivity index (χ3n) is 2.14. The van der Waals surface area contributed by atoms with Crippen LogP contribution >= 0.6 is 15.9 Å². The van der Waals surface area contributed by atoms with E-state index >= 15 is 0 Å². The molecule has 0 saturated carbocycles. The fraction of sp³-hybridized carbons (Fsp3) is 0.600. The Bertz CT molecular complexity index is 351. The maximum absolute atomic E-state index is 11.2. The van der Waals surface area contributed by atoms with Crippen LogP contribution in [-0.2, 0) is 0 Å². The van der Waals surface area contributed by atoms with Crippen LogP contribution in [-0.4, -0.2) is 16.7 Å². The van der Waals surface area contributed by atoms with Crippen LogP contribution in [0.25, 0.3) is 0 Å². The molecule has 0 fully saturated rings. The predicted molar refractivity (Wildman–Crippen MR) is 65.2 cm³/mol. The number of nitrogens with zero attached hydrogens (tertiary/aromatic N) is 1. The Labute approximate surface area is 97.6 Å². The highest BCUT2D eigenvalue weighted by atomic mass is 79.9. The van der Waals surface area contributed by atoms with Gasteiger partial charge in [-0.25, -0.2) is 5.10 Å². The van der Waals surface area contributed by atoms with Crippen LogP contribution in [0.4, 0.5) is 5.69 Å². The molecule has 0 aromatic carbocycles. The van der Waals surface area contributed by atoms with Crippen LogP contribution in [0.5, 0.6) is 0 Å². The van der Waals surface area contributed by atoms with Gasteiger partial charge < -0.3 is 5.32 Å². The highest BCUT2D eigenvalue weighted by molar-refractivity contribution is 9.10. The summed E-state index contributed by atoms with van der Waals surface area (Å²) < 4.78 is 0.521. The molecule has 4 nitrogen and oxygen atoms in total. The first-order chi connectivity index (χ1) is 7.25. The summed E-state index contributed by atoms with van der Waals surface area (Å²) in [5.41, 5.74) is 0.559. The van der Waals surface area contributed by atoms with E-state index in [1.54, 1.807) is 6.20 Å².